The van der Waals surface area contributed by atoms with Crippen LogP contribution in [0.4, 0.5) is 17.3 Å². The van der Waals surface area contributed by atoms with Crippen LogP contribution in [0, 0.1) is 22.0 Å². The molecule has 1 aromatic rings. The summed E-state index contributed by atoms with van der Waals surface area (Å²) in [7, 11) is 0. The number of nitro groups is 1. The van der Waals surface area contributed by atoms with Gasteiger partial charge in [-0.05, 0) is 30.7 Å². The molecule has 6 nitrogen and oxygen atoms in total. The summed E-state index contributed by atoms with van der Waals surface area (Å²) in [6.07, 6.45) is 4.86. The fourth-order valence-corrected chi connectivity index (χ4v) is 2.73. The van der Waals surface area contributed by atoms with Crippen LogP contribution in [0.15, 0.2) is 12.1 Å². The van der Waals surface area contributed by atoms with Crippen LogP contribution < -0.4 is 11.1 Å². The van der Waals surface area contributed by atoms with E-state index in [1.807, 2.05) is 0 Å². The van der Waals surface area contributed by atoms with E-state index in [0.29, 0.717) is 11.7 Å². The fourth-order valence-electron chi connectivity index (χ4n) is 2.73. The number of nitrogen functional groups attached to an aromatic ring is 1. The van der Waals surface area contributed by atoms with Crippen LogP contribution in [0.5, 0.6) is 0 Å². The molecule has 104 valence electrons. The van der Waals surface area contributed by atoms with Gasteiger partial charge in [-0.2, -0.15) is 0 Å². The molecule has 0 saturated heterocycles. The standard InChI is InChI=1S/C13H20N4O2/c1-9-3-2-4-10(7-9)8-15-13-11(17(18)19)5-6-12(14)16-13/h5-6,9-10H,2-4,7-8H2,1H3,(H3,14,15,16). The third-order valence-electron chi connectivity index (χ3n) is 3.70. The summed E-state index contributed by atoms with van der Waals surface area (Å²) in [6.45, 7) is 2.98. The second kappa shape index (κ2) is 5.86. The number of nitrogens with zero attached hydrogens (tertiary/aromatic N) is 2. The zero-order valence-electron chi connectivity index (χ0n) is 11.1. The smallest absolute Gasteiger partial charge is 0.311 e. The number of rotatable bonds is 4. The third kappa shape index (κ3) is 3.56. The van der Waals surface area contributed by atoms with E-state index in [4.69, 9.17) is 5.73 Å². The Labute approximate surface area is 112 Å². The average molecular weight is 264 g/mol. The molecule has 0 radical (unpaired) electrons. The van der Waals surface area contributed by atoms with Crippen molar-refractivity contribution in [2.24, 2.45) is 11.8 Å². The van der Waals surface area contributed by atoms with E-state index in [2.05, 4.69) is 17.2 Å². The molecule has 0 bridgehead atoms. The van der Waals surface area contributed by atoms with E-state index in [1.165, 1.54) is 37.8 Å². The summed E-state index contributed by atoms with van der Waals surface area (Å²) in [4.78, 5) is 14.5. The minimum Gasteiger partial charge on any atom is -0.384 e. The molecule has 1 aliphatic rings. The van der Waals surface area contributed by atoms with E-state index in [1.54, 1.807) is 0 Å². The fraction of sp³-hybridized carbons (Fsp3) is 0.615. The molecule has 1 aromatic heterocycles. The highest BCUT2D eigenvalue weighted by Crippen LogP contribution is 2.30. The Morgan fingerprint density at radius 1 is 1.53 bits per heavy atom. The molecule has 0 aliphatic heterocycles. The number of anilines is 2. The second-order valence-electron chi connectivity index (χ2n) is 5.38. The maximum absolute atomic E-state index is 10.9. The molecule has 6 heteroatoms. The van der Waals surface area contributed by atoms with E-state index in [-0.39, 0.29) is 11.5 Å². The third-order valence-corrected chi connectivity index (χ3v) is 3.70. The van der Waals surface area contributed by atoms with Crippen molar-refractivity contribution in [3.8, 4) is 0 Å². The first kappa shape index (κ1) is 13.6. The molecule has 0 aromatic carbocycles. The van der Waals surface area contributed by atoms with E-state index < -0.39 is 4.92 Å². The van der Waals surface area contributed by atoms with Crippen molar-refractivity contribution in [3.05, 3.63) is 22.2 Å². The van der Waals surface area contributed by atoms with Crippen molar-refractivity contribution in [2.75, 3.05) is 17.6 Å². The largest absolute Gasteiger partial charge is 0.384 e. The summed E-state index contributed by atoms with van der Waals surface area (Å²) in [6, 6.07) is 2.85. The van der Waals surface area contributed by atoms with Gasteiger partial charge in [0.15, 0.2) is 0 Å². The molecular weight excluding hydrogens is 244 g/mol. The first-order chi connectivity index (χ1) is 9.06. The predicted octanol–water partition coefficient (Wildman–Crippen LogP) is 2.81. The van der Waals surface area contributed by atoms with Crippen molar-refractivity contribution in [2.45, 2.75) is 32.6 Å². The molecule has 2 unspecified atom stereocenters. The first-order valence-electron chi connectivity index (χ1n) is 6.71. The summed E-state index contributed by atoms with van der Waals surface area (Å²) in [5.74, 6) is 1.88. The van der Waals surface area contributed by atoms with Gasteiger partial charge in [0.2, 0.25) is 5.82 Å². The highest BCUT2D eigenvalue weighted by atomic mass is 16.6. The molecule has 2 atom stereocenters. The number of aromatic nitrogens is 1. The molecule has 3 N–H and O–H groups in total. The van der Waals surface area contributed by atoms with Gasteiger partial charge in [0.25, 0.3) is 0 Å². The van der Waals surface area contributed by atoms with Gasteiger partial charge in [-0.25, -0.2) is 4.98 Å². The predicted molar refractivity (Wildman–Crippen MR) is 74.9 cm³/mol. The van der Waals surface area contributed by atoms with Crippen LogP contribution in [0.3, 0.4) is 0 Å². The van der Waals surface area contributed by atoms with Crippen molar-refractivity contribution < 1.29 is 4.92 Å². The van der Waals surface area contributed by atoms with Crippen molar-refractivity contribution in [3.63, 3.8) is 0 Å². The number of nitrogens with one attached hydrogen (secondary N) is 1. The van der Waals surface area contributed by atoms with Gasteiger partial charge in [0.1, 0.15) is 5.82 Å². The lowest BCUT2D eigenvalue weighted by Crippen LogP contribution is -2.21. The monoisotopic (exact) mass is 264 g/mol. The molecule has 0 spiro atoms. The van der Waals surface area contributed by atoms with Gasteiger partial charge < -0.3 is 11.1 Å². The van der Waals surface area contributed by atoms with Crippen LogP contribution in [0.2, 0.25) is 0 Å². The average Bonchev–Trinajstić information content (AvgIpc) is 2.36. The summed E-state index contributed by atoms with van der Waals surface area (Å²) < 4.78 is 0. The van der Waals surface area contributed by atoms with Crippen LogP contribution in [-0.2, 0) is 0 Å². The normalized spacial score (nSPS) is 23.0. The Balaban J connectivity index is 2.02. The number of hydrogen-bond acceptors (Lipinski definition) is 5. The molecule has 1 aliphatic carbocycles. The number of pyridine rings is 1. The van der Waals surface area contributed by atoms with Crippen LogP contribution >= 0.6 is 0 Å². The molecule has 2 rings (SSSR count). The quantitative estimate of drug-likeness (QED) is 0.644. The molecule has 1 fully saturated rings. The lowest BCUT2D eigenvalue weighted by molar-refractivity contribution is -0.384. The molecule has 0 amide bonds. The van der Waals surface area contributed by atoms with Crippen LogP contribution in [0.25, 0.3) is 0 Å². The topological polar surface area (TPSA) is 94.1 Å². The van der Waals surface area contributed by atoms with Gasteiger partial charge >= 0.3 is 5.69 Å². The van der Waals surface area contributed by atoms with E-state index in [0.717, 1.165) is 12.5 Å². The Bertz CT molecular complexity index is 464. The maximum atomic E-state index is 10.9. The van der Waals surface area contributed by atoms with Crippen molar-refractivity contribution in [1.82, 2.24) is 4.98 Å². The zero-order valence-corrected chi connectivity index (χ0v) is 11.1. The highest BCUT2D eigenvalue weighted by Gasteiger charge is 2.21. The Morgan fingerprint density at radius 3 is 3.00 bits per heavy atom. The Hall–Kier alpha value is -1.85. The van der Waals surface area contributed by atoms with Crippen molar-refractivity contribution >= 4 is 17.3 Å². The molecular formula is C13H20N4O2. The first-order valence-corrected chi connectivity index (χ1v) is 6.71. The lowest BCUT2D eigenvalue weighted by atomic mass is 9.82. The maximum Gasteiger partial charge on any atom is 0.311 e. The summed E-state index contributed by atoms with van der Waals surface area (Å²) >= 11 is 0. The molecule has 19 heavy (non-hydrogen) atoms. The van der Waals surface area contributed by atoms with Gasteiger partial charge in [0, 0.05) is 12.6 Å². The van der Waals surface area contributed by atoms with E-state index in [9.17, 15) is 10.1 Å². The van der Waals surface area contributed by atoms with Gasteiger partial charge in [-0.3, -0.25) is 10.1 Å². The van der Waals surface area contributed by atoms with Crippen molar-refractivity contribution in [1.29, 1.82) is 0 Å². The van der Waals surface area contributed by atoms with Gasteiger partial charge in [0.05, 0.1) is 4.92 Å². The lowest BCUT2D eigenvalue weighted by Gasteiger charge is -2.26. The minimum absolute atomic E-state index is 0.0157. The van der Waals surface area contributed by atoms with Gasteiger partial charge in [-0.15, -0.1) is 0 Å². The number of nitrogens with two attached hydrogens (primary N) is 1. The zero-order chi connectivity index (χ0) is 13.8. The summed E-state index contributed by atoms with van der Waals surface area (Å²) in [5, 5.41) is 14.0. The van der Waals surface area contributed by atoms with Crippen LogP contribution in [-0.4, -0.2) is 16.5 Å². The Morgan fingerprint density at radius 2 is 2.32 bits per heavy atom. The Kier molecular flexibility index (Phi) is 4.19. The molecule has 1 saturated carbocycles. The minimum atomic E-state index is -0.432. The summed E-state index contributed by atoms with van der Waals surface area (Å²) in [5.41, 5.74) is 5.57. The van der Waals surface area contributed by atoms with Gasteiger partial charge in [-0.1, -0.05) is 19.8 Å². The van der Waals surface area contributed by atoms with E-state index >= 15 is 0 Å². The second-order valence-corrected chi connectivity index (χ2v) is 5.38. The van der Waals surface area contributed by atoms with Crippen LogP contribution in [0.1, 0.15) is 32.6 Å². The number of hydrogen-bond donors (Lipinski definition) is 2. The highest BCUT2D eigenvalue weighted by molar-refractivity contribution is 5.59. The SMILES string of the molecule is CC1CCCC(CNc2nc(N)ccc2[N+](=O)[O-])C1. The molecule has 1 heterocycles.